The van der Waals surface area contributed by atoms with Gasteiger partial charge in [0.1, 0.15) is 0 Å². The third-order valence-corrected chi connectivity index (χ3v) is 3.06. The molecule has 1 saturated heterocycles. The fourth-order valence-corrected chi connectivity index (χ4v) is 2.17. The number of carboxylic acid groups (broad SMARTS) is 1. The Labute approximate surface area is 113 Å². The number of halogens is 1. The summed E-state index contributed by atoms with van der Waals surface area (Å²) in [5.41, 5.74) is 1.52. The van der Waals surface area contributed by atoms with E-state index in [0.29, 0.717) is 11.6 Å². The summed E-state index contributed by atoms with van der Waals surface area (Å²) in [6, 6.07) is 7.67. The number of nitrogens with one attached hydrogen (secondary N) is 1. The number of carbonyl (C=O) groups is 1. The first-order valence-corrected chi connectivity index (χ1v) is 5.93. The monoisotopic (exact) mass is 270 g/mol. The van der Waals surface area contributed by atoms with Crippen LogP contribution in [0.3, 0.4) is 0 Å². The SMILES string of the molecule is CC1CN(Cc2ccc(C(=O)O)cc2)CCN1.Cl. The van der Waals surface area contributed by atoms with Gasteiger partial charge in [-0.2, -0.15) is 0 Å². The molecule has 1 atom stereocenters. The van der Waals surface area contributed by atoms with Crippen molar-refractivity contribution in [3.8, 4) is 0 Å². The van der Waals surface area contributed by atoms with Crippen LogP contribution in [0.25, 0.3) is 0 Å². The van der Waals surface area contributed by atoms with Crippen LogP contribution >= 0.6 is 12.4 Å². The molecular weight excluding hydrogens is 252 g/mol. The summed E-state index contributed by atoms with van der Waals surface area (Å²) in [7, 11) is 0. The van der Waals surface area contributed by atoms with Crippen LogP contribution < -0.4 is 5.32 Å². The Morgan fingerprint density at radius 2 is 2.11 bits per heavy atom. The standard InChI is InChI=1S/C13H18N2O2.ClH/c1-10-8-15(7-6-14-10)9-11-2-4-12(5-3-11)13(16)17;/h2-5,10,14H,6-9H2,1H3,(H,16,17);1H. The third kappa shape index (κ3) is 3.98. The van der Waals surface area contributed by atoms with Crippen LogP contribution in [0.4, 0.5) is 0 Å². The lowest BCUT2D eigenvalue weighted by Crippen LogP contribution is -2.48. The molecule has 0 aromatic heterocycles. The molecule has 0 saturated carbocycles. The molecule has 1 aromatic carbocycles. The summed E-state index contributed by atoms with van der Waals surface area (Å²) < 4.78 is 0. The summed E-state index contributed by atoms with van der Waals surface area (Å²) in [6.07, 6.45) is 0. The zero-order valence-corrected chi connectivity index (χ0v) is 11.2. The lowest BCUT2D eigenvalue weighted by Gasteiger charge is -2.31. The summed E-state index contributed by atoms with van der Waals surface area (Å²) in [5, 5.41) is 12.2. The van der Waals surface area contributed by atoms with Crippen LogP contribution in [0.1, 0.15) is 22.8 Å². The van der Waals surface area contributed by atoms with Crippen molar-refractivity contribution in [1.29, 1.82) is 0 Å². The molecule has 5 heteroatoms. The maximum atomic E-state index is 10.7. The molecule has 0 spiro atoms. The van der Waals surface area contributed by atoms with E-state index in [1.54, 1.807) is 12.1 Å². The van der Waals surface area contributed by atoms with Gasteiger partial charge in [0, 0.05) is 32.2 Å². The number of hydrogen-bond donors (Lipinski definition) is 2. The van der Waals surface area contributed by atoms with Crippen molar-refractivity contribution in [2.24, 2.45) is 0 Å². The Morgan fingerprint density at radius 1 is 1.44 bits per heavy atom. The largest absolute Gasteiger partial charge is 0.478 e. The second-order valence-corrected chi connectivity index (χ2v) is 4.59. The Balaban J connectivity index is 0.00000162. The van der Waals surface area contributed by atoms with E-state index in [1.165, 1.54) is 5.56 Å². The van der Waals surface area contributed by atoms with Gasteiger partial charge < -0.3 is 10.4 Å². The van der Waals surface area contributed by atoms with Crippen molar-refractivity contribution in [3.05, 3.63) is 35.4 Å². The molecule has 0 bridgehead atoms. The molecule has 1 fully saturated rings. The van der Waals surface area contributed by atoms with E-state index >= 15 is 0 Å². The number of nitrogens with zero attached hydrogens (tertiary/aromatic N) is 1. The quantitative estimate of drug-likeness (QED) is 0.876. The minimum absolute atomic E-state index is 0. The van der Waals surface area contributed by atoms with Crippen molar-refractivity contribution in [2.75, 3.05) is 19.6 Å². The normalized spacial score (nSPS) is 20.2. The zero-order chi connectivity index (χ0) is 12.3. The topological polar surface area (TPSA) is 52.6 Å². The molecule has 1 heterocycles. The minimum Gasteiger partial charge on any atom is -0.478 e. The van der Waals surface area contributed by atoms with Gasteiger partial charge in [0.2, 0.25) is 0 Å². The van der Waals surface area contributed by atoms with E-state index in [2.05, 4.69) is 17.1 Å². The lowest BCUT2D eigenvalue weighted by atomic mass is 10.1. The lowest BCUT2D eigenvalue weighted by molar-refractivity contribution is 0.0697. The highest BCUT2D eigenvalue weighted by molar-refractivity contribution is 5.87. The molecule has 100 valence electrons. The summed E-state index contributed by atoms with van der Waals surface area (Å²) in [5.74, 6) is -0.868. The molecule has 18 heavy (non-hydrogen) atoms. The summed E-state index contributed by atoms with van der Waals surface area (Å²) in [6.45, 7) is 6.19. The first-order chi connectivity index (χ1) is 8.15. The maximum Gasteiger partial charge on any atom is 0.335 e. The van der Waals surface area contributed by atoms with Crippen LogP contribution in [0, 0.1) is 0 Å². The molecule has 0 radical (unpaired) electrons. The van der Waals surface area contributed by atoms with E-state index in [-0.39, 0.29) is 12.4 Å². The number of benzene rings is 1. The second kappa shape index (κ2) is 6.73. The number of carboxylic acids is 1. The average molecular weight is 271 g/mol. The Morgan fingerprint density at radius 3 is 2.67 bits per heavy atom. The fraction of sp³-hybridized carbons (Fsp3) is 0.462. The Bertz CT molecular complexity index is 394. The van der Waals surface area contributed by atoms with E-state index < -0.39 is 5.97 Å². The summed E-state index contributed by atoms with van der Waals surface area (Å²) in [4.78, 5) is 13.1. The van der Waals surface area contributed by atoms with Crippen LogP contribution in [-0.2, 0) is 6.54 Å². The predicted octanol–water partition coefficient (Wildman–Crippen LogP) is 1.60. The van der Waals surface area contributed by atoms with E-state index in [9.17, 15) is 4.79 Å². The van der Waals surface area contributed by atoms with Gasteiger partial charge in [-0.3, -0.25) is 4.90 Å². The molecule has 1 aliphatic rings. The number of aromatic carboxylic acids is 1. The molecule has 0 aliphatic carbocycles. The third-order valence-electron chi connectivity index (χ3n) is 3.06. The van der Waals surface area contributed by atoms with Gasteiger partial charge in [-0.1, -0.05) is 12.1 Å². The minimum atomic E-state index is -0.868. The van der Waals surface area contributed by atoms with Gasteiger partial charge in [-0.15, -0.1) is 12.4 Å². The molecule has 2 N–H and O–H groups in total. The number of rotatable bonds is 3. The first kappa shape index (κ1) is 15.0. The highest BCUT2D eigenvalue weighted by atomic mass is 35.5. The van der Waals surface area contributed by atoms with Crippen molar-refractivity contribution in [1.82, 2.24) is 10.2 Å². The first-order valence-electron chi connectivity index (χ1n) is 5.93. The van der Waals surface area contributed by atoms with Crippen molar-refractivity contribution < 1.29 is 9.90 Å². The van der Waals surface area contributed by atoms with E-state index in [0.717, 1.165) is 26.2 Å². The van der Waals surface area contributed by atoms with Crippen molar-refractivity contribution in [2.45, 2.75) is 19.5 Å². The van der Waals surface area contributed by atoms with Crippen molar-refractivity contribution in [3.63, 3.8) is 0 Å². The number of piperazine rings is 1. The maximum absolute atomic E-state index is 10.7. The highest BCUT2D eigenvalue weighted by Gasteiger charge is 2.15. The van der Waals surface area contributed by atoms with Gasteiger partial charge in [-0.05, 0) is 24.6 Å². The molecule has 1 unspecified atom stereocenters. The second-order valence-electron chi connectivity index (χ2n) is 4.59. The van der Waals surface area contributed by atoms with Crippen LogP contribution in [0.15, 0.2) is 24.3 Å². The molecule has 2 rings (SSSR count). The van der Waals surface area contributed by atoms with Crippen LogP contribution in [0.5, 0.6) is 0 Å². The predicted molar refractivity (Wildman–Crippen MR) is 73.4 cm³/mol. The Kier molecular flexibility index (Phi) is 5.59. The molecule has 0 amide bonds. The fourth-order valence-electron chi connectivity index (χ4n) is 2.17. The molecule has 1 aliphatic heterocycles. The van der Waals surface area contributed by atoms with Gasteiger partial charge in [0.15, 0.2) is 0 Å². The molecular formula is C13H19ClN2O2. The summed E-state index contributed by atoms with van der Waals surface area (Å²) >= 11 is 0. The van der Waals surface area contributed by atoms with E-state index in [1.807, 2.05) is 12.1 Å². The smallest absolute Gasteiger partial charge is 0.335 e. The zero-order valence-electron chi connectivity index (χ0n) is 10.4. The average Bonchev–Trinajstić information content (AvgIpc) is 2.29. The van der Waals surface area contributed by atoms with Gasteiger partial charge in [-0.25, -0.2) is 4.79 Å². The molecule has 1 aromatic rings. The van der Waals surface area contributed by atoms with E-state index in [4.69, 9.17) is 5.11 Å². The molecule has 4 nitrogen and oxygen atoms in total. The van der Waals surface area contributed by atoms with Gasteiger partial charge >= 0.3 is 5.97 Å². The Hall–Kier alpha value is -1.10. The van der Waals surface area contributed by atoms with Crippen LogP contribution in [-0.4, -0.2) is 41.7 Å². The number of hydrogen-bond acceptors (Lipinski definition) is 3. The van der Waals surface area contributed by atoms with Crippen molar-refractivity contribution >= 4 is 18.4 Å². The van der Waals surface area contributed by atoms with Crippen LogP contribution in [0.2, 0.25) is 0 Å². The highest BCUT2D eigenvalue weighted by Crippen LogP contribution is 2.09. The van der Waals surface area contributed by atoms with Gasteiger partial charge in [0.05, 0.1) is 5.56 Å². The van der Waals surface area contributed by atoms with Gasteiger partial charge in [0.25, 0.3) is 0 Å².